The van der Waals surface area contributed by atoms with Gasteiger partial charge < -0.3 is 20.0 Å². The highest BCUT2D eigenvalue weighted by Gasteiger charge is 2.26. The number of nitrogens with zero attached hydrogens (tertiary/aromatic N) is 5. The van der Waals surface area contributed by atoms with E-state index in [0.717, 1.165) is 43.2 Å². The largest absolute Gasteiger partial charge is 0.369 e. The van der Waals surface area contributed by atoms with Crippen molar-refractivity contribution < 1.29 is 0 Å². The molecule has 0 amide bonds. The first kappa shape index (κ1) is 21.7. The monoisotopic (exact) mass is 442 g/mol. The smallest absolute Gasteiger partial charge is 0.229 e. The predicted molar refractivity (Wildman–Crippen MR) is 137 cm³/mol. The van der Waals surface area contributed by atoms with Crippen LogP contribution in [0.25, 0.3) is 0 Å². The summed E-state index contributed by atoms with van der Waals surface area (Å²) in [7, 11) is 2.19. The Hall–Kier alpha value is -3.12. The summed E-state index contributed by atoms with van der Waals surface area (Å²) in [6, 6.07) is 19.8. The van der Waals surface area contributed by atoms with Gasteiger partial charge in [0.2, 0.25) is 5.95 Å². The van der Waals surface area contributed by atoms with Crippen molar-refractivity contribution in [3.63, 3.8) is 0 Å². The number of hydrogen-bond acceptors (Lipinski definition) is 6. The van der Waals surface area contributed by atoms with Crippen LogP contribution in [0.5, 0.6) is 0 Å². The lowest BCUT2D eigenvalue weighted by Gasteiger charge is -2.34. The Morgan fingerprint density at radius 1 is 0.909 bits per heavy atom. The molecule has 2 heterocycles. The summed E-state index contributed by atoms with van der Waals surface area (Å²) in [6.45, 7) is 6.47. The van der Waals surface area contributed by atoms with E-state index >= 15 is 0 Å². The van der Waals surface area contributed by atoms with Gasteiger partial charge in [-0.2, -0.15) is 4.98 Å². The van der Waals surface area contributed by atoms with Gasteiger partial charge in [-0.3, -0.25) is 0 Å². The molecular weight excluding hydrogens is 408 g/mol. The van der Waals surface area contributed by atoms with Crippen molar-refractivity contribution in [1.82, 2.24) is 14.9 Å². The molecule has 3 aromatic rings. The molecule has 172 valence electrons. The van der Waals surface area contributed by atoms with Gasteiger partial charge in [-0.05, 0) is 63.2 Å². The third-order valence-corrected chi connectivity index (χ3v) is 6.89. The molecule has 6 nitrogen and oxygen atoms in total. The highest BCUT2D eigenvalue weighted by molar-refractivity contribution is 5.66. The van der Waals surface area contributed by atoms with Gasteiger partial charge in [0, 0.05) is 61.0 Å². The lowest BCUT2D eigenvalue weighted by Crippen LogP contribution is -2.44. The summed E-state index contributed by atoms with van der Waals surface area (Å²) in [4.78, 5) is 16.8. The molecule has 0 spiro atoms. The van der Waals surface area contributed by atoms with E-state index in [-0.39, 0.29) is 0 Å². The van der Waals surface area contributed by atoms with Crippen LogP contribution in [0.1, 0.15) is 31.2 Å². The highest BCUT2D eigenvalue weighted by atomic mass is 15.3. The zero-order valence-electron chi connectivity index (χ0n) is 19.7. The van der Waals surface area contributed by atoms with E-state index in [0.29, 0.717) is 12.0 Å². The minimum atomic E-state index is 0.483. The van der Waals surface area contributed by atoms with Crippen LogP contribution >= 0.6 is 0 Å². The summed E-state index contributed by atoms with van der Waals surface area (Å²) < 4.78 is 0. The fourth-order valence-electron chi connectivity index (χ4n) is 4.94. The van der Waals surface area contributed by atoms with Gasteiger partial charge in [-0.1, -0.05) is 31.0 Å². The summed E-state index contributed by atoms with van der Waals surface area (Å²) in [6.07, 6.45) is 6.91. The van der Waals surface area contributed by atoms with Crippen LogP contribution in [-0.4, -0.2) is 54.1 Å². The number of rotatable bonds is 6. The molecule has 1 aromatic heterocycles. The lowest BCUT2D eigenvalue weighted by molar-refractivity contribution is 0.313. The number of anilines is 5. The van der Waals surface area contributed by atoms with Crippen LogP contribution in [0.15, 0.2) is 60.8 Å². The van der Waals surface area contributed by atoms with Gasteiger partial charge in [-0.25, -0.2) is 4.98 Å². The number of nitrogens with one attached hydrogen (secondary N) is 1. The first-order valence-corrected chi connectivity index (χ1v) is 12.2. The Bertz CT molecular complexity index is 1040. The molecule has 6 heteroatoms. The normalized spacial score (nSPS) is 17.3. The first-order chi connectivity index (χ1) is 16.2. The molecular formula is C27H34N6. The molecule has 0 radical (unpaired) electrons. The molecule has 5 rings (SSSR count). The molecule has 0 atom stereocenters. The van der Waals surface area contributed by atoms with E-state index in [4.69, 9.17) is 4.98 Å². The van der Waals surface area contributed by atoms with E-state index in [1.165, 1.54) is 37.1 Å². The minimum Gasteiger partial charge on any atom is -0.369 e. The van der Waals surface area contributed by atoms with Crippen molar-refractivity contribution >= 4 is 28.8 Å². The third kappa shape index (κ3) is 4.96. The van der Waals surface area contributed by atoms with Crippen LogP contribution in [0.4, 0.5) is 28.8 Å². The van der Waals surface area contributed by atoms with Crippen LogP contribution < -0.4 is 15.1 Å². The van der Waals surface area contributed by atoms with Crippen molar-refractivity contribution in [1.29, 1.82) is 0 Å². The topological polar surface area (TPSA) is 47.5 Å². The Morgan fingerprint density at radius 3 is 2.30 bits per heavy atom. The summed E-state index contributed by atoms with van der Waals surface area (Å²) in [5, 5.41) is 3.43. The first-order valence-electron chi connectivity index (χ1n) is 12.2. The van der Waals surface area contributed by atoms with Crippen molar-refractivity contribution in [2.45, 2.75) is 38.6 Å². The summed E-state index contributed by atoms with van der Waals surface area (Å²) >= 11 is 0. The van der Waals surface area contributed by atoms with Gasteiger partial charge in [0.25, 0.3) is 0 Å². The second kappa shape index (κ2) is 9.79. The zero-order chi connectivity index (χ0) is 22.6. The van der Waals surface area contributed by atoms with Gasteiger partial charge in [0.1, 0.15) is 5.82 Å². The second-order valence-corrected chi connectivity index (χ2v) is 9.31. The Kier molecular flexibility index (Phi) is 6.44. The molecule has 33 heavy (non-hydrogen) atoms. The van der Waals surface area contributed by atoms with Crippen molar-refractivity contribution in [3.8, 4) is 0 Å². The van der Waals surface area contributed by atoms with Crippen molar-refractivity contribution in [2.24, 2.45) is 0 Å². The molecule has 2 fully saturated rings. The number of aromatic nitrogens is 2. The van der Waals surface area contributed by atoms with Gasteiger partial charge in [0.05, 0.1) is 0 Å². The SMILES string of the molecule is Cc1cnc(Nc2ccc(N3CCN(C)CC3)cc2)nc1N(c1ccccc1)C1CCCC1. The molecule has 1 aliphatic carbocycles. The van der Waals surface area contributed by atoms with E-state index in [9.17, 15) is 0 Å². The molecule has 1 N–H and O–H groups in total. The fraction of sp³-hybridized carbons (Fsp3) is 0.407. The number of para-hydroxylation sites is 1. The average molecular weight is 443 g/mol. The number of likely N-dealkylation sites (N-methyl/N-ethyl adjacent to an activating group) is 1. The average Bonchev–Trinajstić information content (AvgIpc) is 3.37. The van der Waals surface area contributed by atoms with E-state index in [2.05, 4.69) is 93.6 Å². The number of hydrogen-bond donors (Lipinski definition) is 1. The van der Waals surface area contributed by atoms with Crippen LogP contribution in [0.3, 0.4) is 0 Å². The molecule has 2 aromatic carbocycles. The Morgan fingerprint density at radius 2 is 1.61 bits per heavy atom. The van der Waals surface area contributed by atoms with Gasteiger partial charge in [-0.15, -0.1) is 0 Å². The maximum Gasteiger partial charge on any atom is 0.229 e. The van der Waals surface area contributed by atoms with E-state index < -0.39 is 0 Å². The van der Waals surface area contributed by atoms with E-state index in [1.807, 2.05) is 6.20 Å². The molecule has 0 unspecified atom stereocenters. The maximum atomic E-state index is 5.00. The third-order valence-electron chi connectivity index (χ3n) is 6.89. The van der Waals surface area contributed by atoms with Crippen LogP contribution in [0.2, 0.25) is 0 Å². The van der Waals surface area contributed by atoms with Crippen molar-refractivity contribution in [3.05, 3.63) is 66.4 Å². The summed E-state index contributed by atoms with van der Waals surface area (Å²) in [5.41, 5.74) is 4.58. The Balaban J connectivity index is 1.37. The summed E-state index contributed by atoms with van der Waals surface area (Å²) in [5.74, 6) is 1.64. The second-order valence-electron chi connectivity index (χ2n) is 9.31. The molecule has 1 aliphatic heterocycles. The van der Waals surface area contributed by atoms with Gasteiger partial charge >= 0.3 is 0 Å². The van der Waals surface area contributed by atoms with E-state index in [1.54, 1.807) is 0 Å². The Labute approximate surface area is 197 Å². The number of aryl methyl sites for hydroxylation is 1. The molecule has 0 bridgehead atoms. The molecule has 1 saturated heterocycles. The molecule has 1 saturated carbocycles. The zero-order valence-corrected chi connectivity index (χ0v) is 19.7. The minimum absolute atomic E-state index is 0.483. The number of benzene rings is 2. The quantitative estimate of drug-likeness (QED) is 0.554. The molecule has 2 aliphatic rings. The number of piperazine rings is 1. The van der Waals surface area contributed by atoms with Crippen molar-refractivity contribution in [2.75, 3.05) is 48.3 Å². The lowest BCUT2D eigenvalue weighted by atomic mass is 10.1. The van der Waals surface area contributed by atoms with Crippen LogP contribution in [-0.2, 0) is 0 Å². The van der Waals surface area contributed by atoms with Gasteiger partial charge in [0.15, 0.2) is 0 Å². The highest BCUT2D eigenvalue weighted by Crippen LogP contribution is 2.36. The maximum absolute atomic E-state index is 5.00. The fourth-order valence-corrected chi connectivity index (χ4v) is 4.94. The standard InChI is InChI=1S/C27H34N6/c1-21-20-28-27(29-22-12-14-23(15-13-22)32-18-16-31(2)17-19-32)30-26(21)33(25-10-6-7-11-25)24-8-4-3-5-9-24/h3-5,8-9,12-15,20,25H,6-7,10-11,16-19H2,1-2H3,(H,28,29,30). The predicted octanol–water partition coefficient (Wildman–Crippen LogP) is 5.36. The van der Waals surface area contributed by atoms with Crippen LogP contribution in [0, 0.1) is 6.92 Å².